The summed E-state index contributed by atoms with van der Waals surface area (Å²) in [5.74, 6) is 0. The van der Waals surface area contributed by atoms with Gasteiger partial charge in [0.2, 0.25) is 0 Å². The van der Waals surface area contributed by atoms with Crippen LogP contribution in [0.5, 0.6) is 0 Å². The van der Waals surface area contributed by atoms with Crippen molar-refractivity contribution < 1.29 is 101 Å². The molecule has 1 aliphatic heterocycles. The van der Waals surface area contributed by atoms with E-state index in [1.165, 1.54) is 9.80 Å². The van der Waals surface area contributed by atoms with E-state index in [1.807, 2.05) is 0 Å². The fourth-order valence-corrected chi connectivity index (χ4v) is 2.63. The molecule has 0 bridgehead atoms. The van der Waals surface area contributed by atoms with Gasteiger partial charge >= 0.3 is 29.4 Å². The van der Waals surface area contributed by atoms with Crippen LogP contribution in [-0.2, 0) is 17.1 Å². The molecule has 2 N–H and O–H groups in total. The molecule has 0 spiro atoms. The first-order chi connectivity index (χ1) is 15.2. The topological polar surface area (TPSA) is 215 Å². The summed E-state index contributed by atoms with van der Waals surface area (Å²) in [5, 5.41) is 6.01. The fourth-order valence-electron chi connectivity index (χ4n) is 2.63. The monoisotopic (exact) mass is 625 g/mol. The first-order valence-corrected chi connectivity index (χ1v) is 11.9. The molecule has 1 rings (SSSR count). The average molecular weight is 627 g/mol. The molecule has 0 aromatic rings. The molecule has 0 aliphatic carbocycles. The molecular weight excluding hydrogens is 601 g/mol. The Morgan fingerprint density at radius 1 is 0.543 bits per heavy atom. The van der Waals surface area contributed by atoms with Crippen LogP contribution in [0.25, 0.3) is 0 Å². The van der Waals surface area contributed by atoms with Crippen LogP contribution in [0.4, 0.5) is 26.3 Å². The molecule has 217 valence electrons. The van der Waals surface area contributed by atoms with Gasteiger partial charge in [-0.05, 0) is 39.0 Å². The maximum Gasteiger partial charge on any atom is 2.00 e. The van der Waals surface area contributed by atoms with Gasteiger partial charge in [0.05, 0.1) is 13.1 Å². The molecule has 1 heterocycles. The maximum atomic E-state index is 12.5. The minimum absolute atomic E-state index is 0. The van der Waals surface area contributed by atoms with Crippen LogP contribution >= 0.6 is 0 Å². The van der Waals surface area contributed by atoms with Crippen molar-refractivity contribution in [3.05, 3.63) is 0 Å². The van der Waals surface area contributed by atoms with Gasteiger partial charge < -0.3 is 10.6 Å². The third-order valence-corrected chi connectivity index (χ3v) is 3.67. The van der Waals surface area contributed by atoms with E-state index in [1.54, 1.807) is 0 Å². The standard InChI is InChI=1S/C14H26F6N4.2ClHO4.Cu/c15-13(16,17)11-23-7-1-3-21-5-10-24(12-14(18,19)20)8-2-4-22-6-9-23;2*2-1(3,4)5;/h21-22H,1-12H2;2*(H,2,3,4,5);/q;;;+2/p-2. The van der Waals surface area contributed by atoms with Gasteiger partial charge in [0.15, 0.2) is 0 Å². The zero-order chi connectivity index (χ0) is 27.1. The van der Waals surface area contributed by atoms with Gasteiger partial charge in [-0.15, -0.1) is 20.5 Å². The Kier molecular flexibility index (Phi) is 21.9. The molecule has 35 heavy (non-hydrogen) atoms. The molecule has 12 nitrogen and oxygen atoms in total. The van der Waals surface area contributed by atoms with Crippen molar-refractivity contribution in [3.63, 3.8) is 0 Å². The molecular formula is C14H26Cl2CuF6N4O8. The summed E-state index contributed by atoms with van der Waals surface area (Å²) in [6.07, 6.45) is -7.40. The van der Waals surface area contributed by atoms with E-state index in [4.69, 9.17) is 37.3 Å². The average Bonchev–Trinajstić information content (AvgIpc) is 2.54. The van der Waals surface area contributed by atoms with E-state index in [0.717, 1.165) is 0 Å². The van der Waals surface area contributed by atoms with Crippen LogP contribution in [0.15, 0.2) is 0 Å². The maximum absolute atomic E-state index is 12.5. The Morgan fingerprint density at radius 3 is 1.03 bits per heavy atom. The van der Waals surface area contributed by atoms with Gasteiger partial charge in [-0.2, -0.15) is 26.3 Å². The molecule has 1 aliphatic rings. The molecule has 1 radical (unpaired) electrons. The predicted octanol–water partition coefficient (Wildman–Crippen LogP) is -7.83. The molecule has 21 heteroatoms. The van der Waals surface area contributed by atoms with Crippen LogP contribution in [0, 0.1) is 20.5 Å². The zero-order valence-electron chi connectivity index (χ0n) is 18.0. The number of hydrogen-bond donors (Lipinski definition) is 2. The minimum atomic E-state index is -4.94. The SMILES string of the molecule is FC(F)(F)CN1CCCNCCN(CC(F)(F)F)CCCNCC1.[Cu+2].[O-][Cl+3]([O-])([O-])[O-].[O-][Cl+3]([O-])([O-])[O-]. The van der Waals surface area contributed by atoms with E-state index < -0.39 is 45.9 Å². The van der Waals surface area contributed by atoms with Gasteiger partial charge in [0, 0.05) is 26.2 Å². The van der Waals surface area contributed by atoms with Crippen molar-refractivity contribution in [3.8, 4) is 0 Å². The molecule has 0 saturated carbocycles. The second kappa shape index (κ2) is 19.3. The molecule has 1 saturated heterocycles. The van der Waals surface area contributed by atoms with E-state index in [0.29, 0.717) is 52.1 Å². The summed E-state index contributed by atoms with van der Waals surface area (Å²) in [4.78, 5) is 2.72. The van der Waals surface area contributed by atoms with Crippen LogP contribution in [-0.4, -0.2) is 87.6 Å². The Labute approximate surface area is 212 Å². The third kappa shape index (κ3) is 44.6. The number of hydrogen-bond acceptors (Lipinski definition) is 12. The van der Waals surface area contributed by atoms with Crippen molar-refractivity contribution >= 4 is 0 Å². The Balaban J connectivity index is -0.000000784. The largest absolute Gasteiger partial charge is 2.00 e. The van der Waals surface area contributed by atoms with Crippen LogP contribution in [0.2, 0.25) is 0 Å². The molecule has 0 amide bonds. The van der Waals surface area contributed by atoms with Crippen molar-refractivity contribution in [2.45, 2.75) is 25.2 Å². The molecule has 0 atom stereocenters. The van der Waals surface area contributed by atoms with Crippen LogP contribution in [0.3, 0.4) is 0 Å². The summed E-state index contributed by atoms with van der Waals surface area (Å²) in [5.41, 5.74) is 0. The number of rotatable bonds is 2. The normalized spacial score (nSPS) is 18.7. The number of nitrogens with zero attached hydrogens (tertiary/aromatic N) is 2. The van der Waals surface area contributed by atoms with Gasteiger partial charge in [-0.3, -0.25) is 9.80 Å². The van der Waals surface area contributed by atoms with Crippen molar-refractivity contribution in [1.82, 2.24) is 20.4 Å². The fraction of sp³-hybridized carbons (Fsp3) is 1.00. The number of nitrogens with one attached hydrogen (secondary N) is 2. The first kappa shape index (κ1) is 39.7. The van der Waals surface area contributed by atoms with Gasteiger partial charge in [0.25, 0.3) is 0 Å². The second-order valence-corrected chi connectivity index (χ2v) is 8.26. The molecule has 1 fully saturated rings. The van der Waals surface area contributed by atoms with Crippen LogP contribution < -0.4 is 47.9 Å². The third-order valence-electron chi connectivity index (χ3n) is 3.67. The Morgan fingerprint density at radius 2 is 0.800 bits per heavy atom. The van der Waals surface area contributed by atoms with E-state index in [9.17, 15) is 26.3 Å². The van der Waals surface area contributed by atoms with Gasteiger partial charge in [-0.1, -0.05) is 0 Å². The second-order valence-electron chi connectivity index (χ2n) is 6.75. The van der Waals surface area contributed by atoms with E-state index in [-0.39, 0.29) is 30.2 Å². The molecule has 0 aromatic carbocycles. The summed E-state index contributed by atoms with van der Waals surface area (Å²) in [6, 6.07) is 0. The van der Waals surface area contributed by atoms with Gasteiger partial charge in [-0.25, -0.2) is 37.3 Å². The quantitative estimate of drug-likeness (QED) is 0.216. The van der Waals surface area contributed by atoms with E-state index in [2.05, 4.69) is 10.6 Å². The number of halogens is 8. The predicted molar refractivity (Wildman–Crippen MR) is 80.0 cm³/mol. The summed E-state index contributed by atoms with van der Waals surface area (Å²) in [7, 11) is -9.89. The molecule has 0 aromatic heterocycles. The van der Waals surface area contributed by atoms with Crippen LogP contribution in [0.1, 0.15) is 12.8 Å². The molecule has 0 unspecified atom stereocenters. The summed E-state index contributed by atoms with van der Waals surface area (Å²) < 4.78 is 143. The van der Waals surface area contributed by atoms with Crippen molar-refractivity contribution in [2.24, 2.45) is 0 Å². The van der Waals surface area contributed by atoms with E-state index >= 15 is 0 Å². The van der Waals surface area contributed by atoms with Crippen molar-refractivity contribution in [1.29, 1.82) is 0 Å². The first-order valence-electron chi connectivity index (χ1n) is 9.39. The zero-order valence-corrected chi connectivity index (χ0v) is 20.4. The minimum Gasteiger partial charge on any atom is -0.315 e. The van der Waals surface area contributed by atoms with Gasteiger partial charge in [0.1, 0.15) is 0 Å². The number of alkyl halides is 6. The summed E-state index contributed by atoms with van der Waals surface area (Å²) in [6.45, 7) is 1.04. The summed E-state index contributed by atoms with van der Waals surface area (Å²) >= 11 is 0. The smallest absolute Gasteiger partial charge is 0.315 e. The Hall–Kier alpha value is 0.199. The Bertz CT molecular complexity index is 447. The van der Waals surface area contributed by atoms with Crippen molar-refractivity contribution in [2.75, 3.05) is 65.4 Å².